The largest absolute Gasteiger partial charge is 0.458 e. The molecule has 158 valence electrons. The molecule has 0 amide bonds. The van der Waals surface area contributed by atoms with Crippen molar-refractivity contribution in [1.29, 1.82) is 0 Å². The Morgan fingerprint density at radius 2 is 1.89 bits per heavy atom. The molecule has 0 bridgehead atoms. The monoisotopic (exact) mass is 392 g/mol. The number of ether oxygens (including phenoxy) is 3. The summed E-state index contributed by atoms with van der Waals surface area (Å²) in [4.78, 5) is 12.5. The fraction of sp³-hybridized carbons (Fsp3) is 0.783. The molecule has 1 saturated heterocycles. The normalized spacial score (nSPS) is 42.0. The van der Waals surface area contributed by atoms with Crippen molar-refractivity contribution in [3.8, 4) is 0 Å². The molecule has 1 N–H and O–H groups in total. The molecule has 5 heteroatoms. The van der Waals surface area contributed by atoms with Gasteiger partial charge >= 0.3 is 5.97 Å². The Kier molecular flexibility index (Phi) is 5.35. The summed E-state index contributed by atoms with van der Waals surface area (Å²) < 4.78 is 18.5. The molecule has 6 atom stereocenters. The van der Waals surface area contributed by atoms with Crippen LogP contribution in [0.4, 0.5) is 0 Å². The number of carbonyl (C=O) groups excluding carboxylic acids is 1. The molecule has 3 rings (SSSR count). The van der Waals surface area contributed by atoms with Crippen LogP contribution in [0.2, 0.25) is 0 Å². The van der Waals surface area contributed by atoms with Crippen LogP contribution in [0.25, 0.3) is 0 Å². The molecule has 28 heavy (non-hydrogen) atoms. The number of esters is 1. The van der Waals surface area contributed by atoms with Crippen LogP contribution in [0.15, 0.2) is 23.8 Å². The fourth-order valence-electron chi connectivity index (χ4n) is 5.63. The number of allylic oxidation sites excluding steroid dienone is 1. The van der Waals surface area contributed by atoms with Crippen molar-refractivity contribution in [1.82, 2.24) is 0 Å². The minimum atomic E-state index is -0.935. The summed E-state index contributed by atoms with van der Waals surface area (Å²) in [6.07, 6.45) is 2.48. The molecular formula is C23H36O5. The first-order valence-corrected chi connectivity index (χ1v) is 10.4. The highest BCUT2D eigenvalue weighted by atomic mass is 16.8. The third-order valence-corrected chi connectivity index (χ3v) is 6.97. The predicted octanol–water partition coefficient (Wildman–Crippen LogP) is 4.15. The van der Waals surface area contributed by atoms with Gasteiger partial charge in [-0.3, -0.25) is 0 Å². The summed E-state index contributed by atoms with van der Waals surface area (Å²) in [5.41, 5.74) is 0.436. The second-order valence-electron chi connectivity index (χ2n) is 10.2. The van der Waals surface area contributed by atoms with Crippen molar-refractivity contribution in [2.24, 2.45) is 17.3 Å². The molecule has 0 aromatic heterocycles. The van der Waals surface area contributed by atoms with Gasteiger partial charge in [0.2, 0.25) is 0 Å². The van der Waals surface area contributed by atoms with E-state index in [9.17, 15) is 9.90 Å². The van der Waals surface area contributed by atoms with Gasteiger partial charge in [-0.15, -0.1) is 0 Å². The van der Waals surface area contributed by atoms with E-state index >= 15 is 0 Å². The number of rotatable bonds is 3. The maximum Gasteiger partial charge on any atom is 0.330 e. The summed E-state index contributed by atoms with van der Waals surface area (Å²) >= 11 is 0. The SMILES string of the molecule is C=C1C[C@H](OC(=O)C=C(C)C)[C@@H]2[C@](C)(CC[C@@]2(O)C(C)C)[C@@H]2OC(C)(C)O[C@H]12. The highest BCUT2D eigenvalue weighted by Crippen LogP contribution is 2.61. The summed E-state index contributed by atoms with van der Waals surface area (Å²) in [5, 5.41) is 11.7. The van der Waals surface area contributed by atoms with Crippen LogP contribution < -0.4 is 0 Å². The highest BCUT2D eigenvalue weighted by Gasteiger charge is 2.67. The quantitative estimate of drug-likeness (QED) is 0.444. The molecule has 3 fully saturated rings. The lowest BCUT2D eigenvalue weighted by Crippen LogP contribution is -2.53. The van der Waals surface area contributed by atoms with Gasteiger partial charge in [0.05, 0.1) is 11.7 Å². The Labute approximate surface area is 169 Å². The van der Waals surface area contributed by atoms with Gasteiger partial charge in [0.1, 0.15) is 12.2 Å². The molecule has 2 saturated carbocycles. The van der Waals surface area contributed by atoms with Gasteiger partial charge in [0.25, 0.3) is 0 Å². The second-order valence-corrected chi connectivity index (χ2v) is 10.2. The lowest BCUT2D eigenvalue weighted by Gasteiger charge is -2.45. The molecule has 1 aliphatic heterocycles. The molecule has 0 unspecified atom stereocenters. The summed E-state index contributed by atoms with van der Waals surface area (Å²) in [5.74, 6) is -1.29. The Hall–Kier alpha value is -1.17. The fourth-order valence-corrected chi connectivity index (χ4v) is 5.63. The van der Waals surface area contributed by atoms with E-state index in [0.717, 1.165) is 17.6 Å². The number of hydrogen-bond acceptors (Lipinski definition) is 5. The average Bonchev–Trinajstić information content (AvgIpc) is 2.99. The van der Waals surface area contributed by atoms with Crippen LogP contribution in [0.5, 0.6) is 0 Å². The van der Waals surface area contributed by atoms with Crippen molar-refractivity contribution in [2.75, 3.05) is 0 Å². The van der Waals surface area contributed by atoms with Crippen LogP contribution in [0, 0.1) is 17.3 Å². The standard InChI is InChI=1S/C23H36O5/c1-13(2)11-17(24)26-16-12-15(5)18-20(28-21(6,7)27-18)22(8)9-10-23(25,14(3)4)19(16)22/h11,14,16,18-20,25H,5,9-10,12H2,1-4,6-8H3/t16-,18+,19+,20+,22-,23+/m0/s1. The molecule has 0 radical (unpaired) electrons. The van der Waals surface area contributed by atoms with Gasteiger partial charge in [0.15, 0.2) is 5.79 Å². The van der Waals surface area contributed by atoms with Crippen LogP contribution in [0.1, 0.15) is 67.7 Å². The Bertz CT molecular complexity index is 689. The first-order chi connectivity index (χ1) is 12.8. The zero-order valence-corrected chi connectivity index (χ0v) is 18.4. The molecule has 2 aliphatic carbocycles. The van der Waals surface area contributed by atoms with Crippen LogP contribution in [0.3, 0.4) is 0 Å². The van der Waals surface area contributed by atoms with Crippen molar-refractivity contribution >= 4 is 5.97 Å². The van der Waals surface area contributed by atoms with E-state index in [0.29, 0.717) is 12.8 Å². The Morgan fingerprint density at radius 3 is 2.46 bits per heavy atom. The maximum absolute atomic E-state index is 12.5. The predicted molar refractivity (Wildman–Crippen MR) is 108 cm³/mol. The van der Waals surface area contributed by atoms with E-state index in [4.69, 9.17) is 14.2 Å². The van der Waals surface area contributed by atoms with E-state index in [1.165, 1.54) is 6.08 Å². The summed E-state index contributed by atoms with van der Waals surface area (Å²) in [6.45, 7) is 18.1. The van der Waals surface area contributed by atoms with Gasteiger partial charge in [-0.25, -0.2) is 4.79 Å². The smallest absolute Gasteiger partial charge is 0.330 e. The Balaban J connectivity index is 2.06. The van der Waals surface area contributed by atoms with E-state index < -0.39 is 17.5 Å². The van der Waals surface area contributed by atoms with Crippen molar-refractivity contribution in [3.63, 3.8) is 0 Å². The zero-order chi connectivity index (χ0) is 21.1. The molecule has 5 nitrogen and oxygen atoms in total. The van der Waals surface area contributed by atoms with Crippen LogP contribution >= 0.6 is 0 Å². The van der Waals surface area contributed by atoms with E-state index in [1.54, 1.807) is 0 Å². The first-order valence-electron chi connectivity index (χ1n) is 10.4. The molecule has 3 aliphatic rings. The zero-order valence-electron chi connectivity index (χ0n) is 18.4. The van der Waals surface area contributed by atoms with E-state index in [2.05, 4.69) is 13.5 Å². The maximum atomic E-state index is 12.5. The van der Waals surface area contributed by atoms with Gasteiger partial charge < -0.3 is 19.3 Å². The third kappa shape index (κ3) is 3.46. The summed E-state index contributed by atoms with van der Waals surface area (Å²) in [7, 11) is 0. The van der Waals surface area contributed by atoms with Gasteiger partial charge in [-0.05, 0) is 52.0 Å². The molecule has 1 heterocycles. The average molecular weight is 393 g/mol. The molecule has 0 aromatic carbocycles. The highest BCUT2D eigenvalue weighted by molar-refractivity contribution is 5.82. The van der Waals surface area contributed by atoms with Crippen molar-refractivity contribution in [3.05, 3.63) is 23.8 Å². The minimum Gasteiger partial charge on any atom is -0.458 e. The lowest BCUT2D eigenvalue weighted by atomic mass is 9.66. The third-order valence-electron chi connectivity index (χ3n) is 6.97. The Morgan fingerprint density at radius 1 is 1.25 bits per heavy atom. The summed E-state index contributed by atoms with van der Waals surface area (Å²) in [6, 6.07) is 0. The van der Waals surface area contributed by atoms with Crippen LogP contribution in [-0.4, -0.2) is 40.8 Å². The minimum absolute atomic E-state index is 0.0316. The van der Waals surface area contributed by atoms with Gasteiger partial charge in [-0.2, -0.15) is 0 Å². The number of fused-ring (bicyclic) bond motifs is 3. The molecule has 0 spiro atoms. The van der Waals surface area contributed by atoms with E-state index in [-0.39, 0.29) is 35.4 Å². The first kappa shape index (κ1) is 21.5. The topological polar surface area (TPSA) is 65.0 Å². The lowest BCUT2D eigenvalue weighted by molar-refractivity contribution is -0.186. The van der Waals surface area contributed by atoms with E-state index in [1.807, 2.05) is 41.5 Å². The number of aliphatic hydroxyl groups is 1. The van der Waals surface area contributed by atoms with Crippen molar-refractivity contribution in [2.45, 2.75) is 97.4 Å². The number of hydrogen-bond donors (Lipinski definition) is 1. The van der Waals surface area contributed by atoms with Gasteiger partial charge in [-0.1, -0.05) is 32.9 Å². The molecular weight excluding hydrogens is 356 g/mol. The second kappa shape index (κ2) is 6.96. The van der Waals surface area contributed by atoms with Crippen LogP contribution in [-0.2, 0) is 19.0 Å². The van der Waals surface area contributed by atoms with Crippen molar-refractivity contribution < 1.29 is 24.1 Å². The number of carbonyl (C=O) groups is 1. The van der Waals surface area contributed by atoms with Gasteiger partial charge in [0, 0.05) is 23.8 Å². The molecule has 0 aromatic rings.